The van der Waals surface area contributed by atoms with E-state index in [0.29, 0.717) is 37.7 Å². The van der Waals surface area contributed by atoms with E-state index in [4.69, 9.17) is 5.10 Å². The third-order valence-electron chi connectivity index (χ3n) is 7.31. The molecule has 0 bridgehead atoms. The van der Waals surface area contributed by atoms with E-state index in [-0.39, 0.29) is 5.69 Å². The zero-order valence-electron chi connectivity index (χ0n) is 21.9. The second-order valence-corrected chi connectivity index (χ2v) is 9.75. The highest BCUT2D eigenvalue weighted by Gasteiger charge is 2.30. The Kier molecular flexibility index (Phi) is 6.99. The van der Waals surface area contributed by atoms with Gasteiger partial charge in [-0.25, -0.2) is 9.36 Å². The minimum absolute atomic E-state index is 0.243. The molecular weight excluding hydrogens is 502 g/mol. The average Bonchev–Trinajstić information content (AvgIpc) is 3.36. The van der Waals surface area contributed by atoms with Gasteiger partial charge in [-0.05, 0) is 42.0 Å². The van der Waals surface area contributed by atoms with E-state index in [2.05, 4.69) is 4.90 Å². The van der Waals surface area contributed by atoms with Crippen LogP contribution in [-0.4, -0.2) is 56.5 Å². The van der Waals surface area contributed by atoms with Crippen LogP contribution in [0.25, 0.3) is 22.8 Å². The second-order valence-electron chi connectivity index (χ2n) is 9.75. The van der Waals surface area contributed by atoms with Crippen LogP contribution in [0.2, 0.25) is 0 Å². The van der Waals surface area contributed by atoms with Gasteiger partial charge in [-0.15, -0.1) is 5.10 Å². The quantitative estimate of drug-likeness (QED) is 0.330. The van der Waals surface area contributed by atoms with Crippen LogP contribution < -0.4 is 10.6 Å². The predicted octanol–water partition coefficient (Wildman–Crippen LogP) is 4.64. The summed E-state index contributed by atoms with van der Waals surface area (Å²) in [6.45, 7) is 2.68. The topological polar surface area (TPSA) is 83.6 Å². The van der Waals surface area contributed by atoms with E-state index in [9.17, 15) is 14.7 Å². The van der Waals surface area contributed by atoms with Crippen LogP contribution in [0.1, 0.15) is 11.6 Å². The summed E-state index contributed by atoms with van der Waals surface area (Å²) < 4.78 is 3.07. The van der Waals surface area contributed by atoms with Crippen molar-refractivity contribution in [1.82, 2.24) is 19.2 Å². The van der Waals surface area contributed by atoms with Crippen molar-refractivity contribution in [2.45, 2.75) is 6.04 Å². The standard InChI is InChI=1S/C32H29N5O3/c38-31(39)29(24-10-4-1-5-11-24)35-22-20-34(21-23-35)26-16-18-28(19-17-26)37-32(40)36(27-14-8-3-9-15-27)30(33-37)25-12-6-2-7-13-25/h1-19,29H,20-23H2,(H,38,39). The number of para-hydroxylation sites is 1. The Morgan fingerprint density at radius 1 is 0.675 bits per heavy atom. The lowest BCUT2D eigenvalue weighted by Gasteiger charge is -2.39. The van der Waals surface area contributed by atoms with E-state index < -0.39 is 12.0 Å². The average molecular weight is 532 g/mol. The molecule has 40 heavy (non-hydrogen) atoms. The van der Waals surface area contributed by atoms with Gasteiger partial charge in [0.05, 0.1) is 11.4 Å². The van der Waals surface area contributed by atoms with Crippen molar-refractivity contribution < 1.29 is 9.90 Å². The van der Waals surface area contributed by atoms with Gasteiger partial charge < -0.3 is 10.0 Å². The number of carbonyl (C=O) groups is 1. The number of carboxylic acids is 1. The van der Waals surface area contributed by atoms with Crippen LogP contribution in [-0.2, 0) is 4.79 Å². The third-order valence-corrected chi connectivity index (χ3v) is 7.31. The molecule has 1 saturated heterocycles. The lowest BCUT2D eigenvalue weighted by atomic mass is 10.0. The lowest BCUT2D eigenvalue weighted by Crippen LogP contribution is -2.49. The van der Waals surface area contributed by atoms with E-state index in [1.165, 1.54) is 4.68 Å². The second kappa shape index (κ2) is 11.0. The summed E-state index contributed by atoms with van der Waals surface area (Å²) in [4.78, 5) is 29.9. The van der Waals surface area contributed by atoms with Crippen molar-refractivity contribution in [1.29, 1.82) is 0 Å². The molecule has 1 unspecified atom stereocenters. The summed E-state index contributed by atoms with van der Waals surface area (Å²) in [5.74, 6) is -0.261. The molecule has 200 valence electrons. The molecule has 0 saturated carbocycles. The molecule has 1 atom stereocenters. The van der Waals surface area contributed by atoms with Crippen molar-refractivity contribution in [3.63, 3.8) is 0 Å². The van der Waals surface area contributed by atoms with Gasteiger partial charge in [0.15, 0.2) is 5.82 Å². The van der Waals surface area contributed by atoms with Crippen molar-refractivity contribution in [2.24, 2.45) is 0 Å². The Balaban J connectivity index is 1.24. The molecule has 1 aliphatic rings. The van der Waals surface area contributed by atoms with Crippen LogP contribution in [0.3, 0.4) is 0 Å². The summed E-state index contributed by atoms with van der Waals surface area (Å²) in [6.07, 6.45) is 0. The largest absolute Gasteiger partial charge is 0.480 e. The van der Waals surface area contributed by atoms with E-state index in [1.54, 1.807) is 4.57 Å². The maximum Gasteiger partial charge on any atom is 0.355 e. The molecule has 2 heterocycles. The molecule has 1 N–H and O–H groups in total. The number of aromatic nitrogens is 3. The molecule has 8 heteroatoms. The Morgan fingerprint density at radius 3 is 1.82 bits per heavy atom. The number of benzene rings is 4. The fraction of sp³-hybridized carbons (Fsp3) is 0.156. The van der Waals surface area contributed by atoms with E-state index in [1.807, 2.05) is 120 Å². The zero-order chi connectivity index (χ0) is 27.5. The first-order chi connectivity index (χ1) is 19.6. The number of hydrogen-bond donors (Lipinski definition) is 1. The minimum Gasteiger partial charge on any atom is -0.480 e. The molecule has 1 aliphatic heterocycles. The van der Waals surface area contributed by atoms with E-state index in [0.717, 1.165) is 22.5 Å². The number of piperazine rings is 1. The SMILES string of the molecule is O=C(O)C(c1ccccc1)N1CCN(c2ccc(-n3nc(-c4ccccc4)n(-c4ccccc4)c3=O)cc2)CC1. The molecule has 8 nitrogen and oxygen atoms in total. The molecule has 1 fully saturated rings. The van der Waals surface area contributed by atoms with Crippen LogP contribution in [0.5, 0.6) is 0 Å². The van der Waals surface area contributed by atoms with Crippen LogP contribution in [0, 0.1) is 0 Å². The van der Waals surface area contributed by atoms with Gasteiger partial charge in [0, 0.05) is 37.4 Å². The fourth-order valence-electron chi connectivity index (χ4n) is 5.31. The first kappa shape index (κ1) is 25.3. The maximum atomic E-state index is 13.6. The van der Waals surface area contributed by atoms with E-state index >= 15 is 0 Å². The molecule has 5 aromatic rings. The van der Waals surface area contributed by atoms with Crippen LogP contribution >= 0.6 is 0 Å². The number of nitrogens with zero attached hydrogens (tertiary/aromatic N) is 5. The lowest BCUT2D eigenvalue weighted by molar-refractivity contribution is -0.143. The fourth-order valence-corrected chi connectivity index (χ4v) is 5.31. The van der Waals surface area contributed by atoms with Gasteiger partial charge in [-0.2, -0.15) is 4.68 Å². The van der Waals surface area contributed by atoms with Gasteiger partial charge in [0.2, 0.25) is 0 Å². The number of rotatable bonds is 7. The number of carboxylic acid groups (broad SMARTS) is 1. The van der Waals surface area contributed by atoms with Crippen molar-refractivity contribution >= 4 is 11.7 Å². The monoisotopic (exact) mass is 531 g/mol. The van der Waals surface area contributed by atoms with Gasteiger partial charge in [0.1, 0.15) is 6.04 Å². The highest BCUT2D eigenvalue weighted by molar-refractivity contribution is 5.75. The van der Waals surface area contributed by atoms with Gasteiger partial charge >= 0.3 is 11.7 Å². The Labute approximate surface area is 232 Å². The smallest absolute Gasteiger partial charge is 0.355 e. The summed E-state index contributed by atoms with van der Waals surface area (Å²) >= 11 is 0. The first-order valence-corrected chi connectivity index (χ1v) is 13.3. The third kappa shape index (κ3) is 4.92. The molecule has 0 radical (unpaired) electrons. The van der Waals surface area contributed by atoms with Gasteiger partial charge in [0.25, 0.3) is 0 Å². The van der Waals surface area contributed by atoms with Crippen molar-refractivity contribution in [3.05, 3.63) is 131 Å². The minimum atomic E-state index is -0.834. The number of anilines is 1. The van der Waals surface area contributed by atoms with Gasteiger partial charge in [-0.3, -0.25) is 9.69 Å². The summed E-state index contributed by atoms with van der Waals surface area (Å²) in [7, 11) is 0. The molecule has 1 aromatic heterocycles. The summed E-state index contributed by atoms with van der Waals surface area (Å²) in [5, 5.41) is 14.6. The number of aliphatic carboxylic acids is 1. The molecule has 0 aliphatic carbocycles. The van der Waals surface area contributed by atoms with Gasteiger partial charge in [-0.1, -0.05) is 78.9 Å². The highest BCUT2D eigenvalue weighted by atomic mass is 16.4. The van der Waals surface area contributed by atoms with Crippen LogP contribution in [0.4, 0.5) is 5.69 Å². The first-order valence-electron chi connectivity index (χ1n) is 13.3. The summed E-state index contributed by atoms with van der Waals surface area (Å²) in [6, 6.07) is 35.7. The predicted molar refractivity (Wildman–Crippen MR) is 155 cm³/mol. The zero-order valence-corrected chi connectivity index (χ0v) is 21.9. The Bertz CT molecular complexity index is 1640. The highest BCUT2D eigenvalue weighted by Crippen LogP contribution is 2.26. The molecule has 0 amide bonds. The van der Waals surface area contributed by atoms with Crippen LogP contribution in [0.15, 0.2) is 120 Å². The molecular formula is C32H29N5O3. The molecule has 4 aromatic carbocycles. The Morgan fingerprint density at radius 2 is 1.23 bits per heavy atom. The summed E-state index contributed by atoms with van der Waals surface area (Å²) in [5.41, 5.74) is 3.85. The normalized spacial score (nSPS) is 14.7. The van der Waals surface area contributed by atoms with Crippen molar-refractivity contribution in [3.8, 4) is 22.8 Å². The Hall–Kier alpha value is -4.95. The molecule has 6 rings (SSSR count). The molecule has 0 spiro atoms. The number of hydrogen-bond acceptors (Lipinski definition) is 5. The van der Waals surface area contributed by atoms with Crippen molar-refractivity contribution in [2.75, 3.05) is 31.1 Å². The maximum absolute atomic E-state index is 13.6.